The highest BCUT2D eigenvalue weighted by Crippen LogP contribution is 2.22. The molecule has 96 valence electrons. The van der Waals surface area contributed by atoms with E-state index in [2.05, 4.69) is 10.3 Å². The molecule has 1 N–H and O–H groups in total. The maximum Gasteiger partial charge on any atom is 0.271 e. The predicted octanol–water partition coefficient (Wildman–Crippen LogP) is 2.63. The van der Waals surface area contributed by atoms with Crippen molar-refractivity contribution < 1.29 is 4.79 Å². The number of aryl methyl sites for hydroxylation is 1. The number of rotatable bonds is 4. The molecule has 5 heteroatoms. The molecular weight excluding hydrogens is 246 g/mol. The molecular formula is C13H17N3OS. The lowest BCUT2D eigenvalue weighted by Crippen LogP contribution is -2.31. The summed E-state index contributed by atoms with van der Waals surface area (Å²) in [6.07, 6.45) is 4.69. The number of hydrogen-bond acceptors (Lipinski definition) is 3. The molecule has 0 aromatic carbocycles. The fraction of sp³-hybridized carbons (Fsp3) is 0.385. The lowest BCUT2D eigenvalue weighted by atomic mass is 10.2. The van der Waals surface area contributed by atoms with Crippen LogP contribution in [0.25, 0.3) is 5.13 Å². The third kappa shape index (κ3) is 2.61. The van der Waals surface area contributed by atoms with Crippen LogP contribution in [0.4, 0.5) is 0 Å². The summed E-state index contributed by atoms with van der Waals surface area (Å²) in [5.74, 6) is -0.0866. The van der Waals surface area contributed by atoms with Gasteiger partial charge < -0.3 is 9.88 Å². The average molecular weight is 263 g/mol. The van der Waals surface area contributed by atoms with Gasteiger partial charge in [-0.3, -0.25) is 4.79 Å². The first-order valence-corrected chi connectivity index (χ1v) is 6.87. The van der Waals surface area contributed by atoms with Gasteiger partial charge in [0.2, 0.25) is 0 Å². The number of thiazole rings is 1. The molecule has 0 aliphatic rings. The van der Waals surface area contributed by atoms with Gasteiger partial charge in [-0.25, -0.2) is 4.98 Å². The second kappa shape index (κ2) is 5.35. The van der Waals surface area contributed by atoms with Crippen LogP contribution in [0, 0.1) is 0 Å². The highest BCUT2D eigenvalue weighted by Gasteiger charge is 2.18. The quantitative estimate of drug-likeness (QED) is 0.921. The molecule has 0 atom stereocenters. The first kappa shape index (κ1) is 12.8. The second-order valence-corrected chi connectivity index (χ2v) is 5.40. The summed E-state index contributed by atoms with van der Waals surface area (Å²) in [6.45, 7) is 5.94. The third-order valence-electron chi connectivity index (χ3n) is 2.47. The first-order chi connectivity index (χ1) is 8.61. The highest BCUT2D eigenvalue weighted by atomic mass is 32.1. The number of carbonyl (C=O) groups excluding carboxylic acids is 1. The summed E-state index contributed by atoms with van der Waals surface area (Å²) in [6, 6.07) is 4.01. The highest BCUT2D eigenvalue weighted by molar-refractivity contribution is 7.14. The Kier molecular flexibility index (Phi) is 3.81. The molecule has 0 spiro atoms. The molecule has 0 fully saturated rings. The van der Waals surface area contributed by atoms with Gasteiger partial charge in [0.15, 0.2) is 5.13 Å². The number of nitrogens with one attached hydrogen (secondary N) is 1. The van der Waals surface area contributed by atoms with Crippen LogP contribution in [-0.2, 0) is 6.42 Å². The van der Waals surface area contributed by atoms with Crippen molar-refractivity contribution in [1.82, 2.24) is 14.9 Å². The summed E-state index contributed by atoms with van der Waals surface area (Å²) in [7, 11) is 0. The van der Waals surface area contributed by atoms with Crippen LogP contribution in [0.15, 0.2) is 24.5 Å². The number of amides is 1. The molecule has 2 heterocycles. The summed E-state index contributed by atoms with van der Waals surface area (Å²) in [5.41, 5.74) is 0.555. The maximum absolute atomic E-state index is 12.0. The molecule has 0 saturated carbocycles. The third-order valence-corrected chi connectivity index (χ3v) is 3.68. The normalized spacial score (nSPS) is 10.9. The summed E-state index contributed by atoms with van der Waals surface area (Å²) >= 11 is 1.56. The van der Waals surface area contributed by atoms with Gasteiger partial charge in [-0.1, -0.05) is 6.92 Å². The van der Waals surface area contributed by atoms with Crippen LogP contribution in [0.3, 0.4) is 0 Å². The van der Waals surface area contributed by atoms with E-state index in [1.807, 2.05) is 49.9 Å². The summed E-state index contributed by atoms with van der Waals surface area (Å²) in [4.78, 5) is 17.5. The van der Waals surface area contributed by atoms with E-state index in [0.717, 1.165) is 16.4 Å². The molecule has 0 bridgehead atoms. The minimum Gasteiger partial charge on any atom is -0.348 e. The first-order valence-electron chi connectivity index (χ1n) is 6.05. The van der Waals surface area contributed by atoms with E-state index in [4.69, 9.17) is 0 Å². The topological polar surface area (TPSA) is 46.9 Å². The zero-order valence-corrected chi connectivity index (χ0v) is 11.6. The van der Waals surface area contributed by atoms with Gasteiger partial charge in [-0.05, 0) is 32.4 Å². The predicted molar refractivity (Wildman–Crippen MR) is 73.4 cm³/mol. The number of hydrogen-bond donors (Lipinski definition) is 1. The zero-order valence-electron chi connectivity index (χ0n) is 10.8. The number of aromatic nitrogens is 2. The minimum absolute atomic E-state index is 0.0866. The maximum atomic E-state index is 12.0. The largest absolute Gasteiger partial charge is 0.348 e. The van der Waals surface area contributed by atoms with Gasteiger partial charge in [0.05, 0.1) is 0 Å². The average Bonchev–Trinajstić information content (AvgIpc) is 2.96. The molecule has 18 heavy (non-hydrogen) atoms. The van der Waals surface area contributed by atoms with Crippen LogP contribution in [0.2, 0.25) is 0 Å². The van der Waals surface area contributed by atoms with E-state index in [-0.39, 0.29) is 11.9 Å². The number of nitrogens with zero attached hydrogens (tertiary/aromatic N) is 2. The zero-order chi connectivity index (χ0) is 13.1. The van der Waals surface area contributed by atoms with Crippen LogP contribution in [0.1, 0.15) is 36.1 Å². The number of carbonyl (C=O) groups is 1. The van der Waals surface area contributed by atoms with Crippen LogP contribution in [-0.4, -0.2) is 21.5 Å². The van der Waals surface area contributed by atoms with Gasteiger partial charge in [-0.2, -0.15) is 0 Å². The molecule has 2 rings (SSSR count). The van der Waals surface area contributed by atoms with Crippen molar-refractivity contribution in [2.24, 2.45) is 0 Å². The van der Waals surface area contributed by atoms with Gasteiger partial charge in [0.1, 0.15) is 5.69 Å². The molecule has 0 saturated heterocycles. The molecule has 0 unspecified atom stereocenters. The molecule has 0 aliphatic heterocycles. The standard InChI is InChI=1S/C13H17N3OS/c1-4-10-11(12(17)14-9(2)3)15-13(18-10)16-7-5-6-8-16/h5-9H,4H2,1-3H3,(H,14,17). The Morgan fingerprint density at radius 1 is 1.44 bits per heavy atom. The van der Waals surface area contributed by atoms with Gasteiger partial charge in [-0.15, -0.1) is 11.3 Å². The molecule has 1 amide bonds. The summed E-state index contributed by atoms with van der Waals surface area (Å²) in [5, 5.41) is 3.73. The molecule has 0 aliphatic carbocycles. The monoisotopic (exact) mass is 263 g/mol. The Labute approximate surface area is 111 Å². The Hall–Kier alpha value is -1.62. The van der Waals surface area contributed by atoms with E-state index >= 15 is 0 Å². The Balaban J connectivity index is 2.33. The lowest BCUT2D eigenvalue weighted by Gasteiger charge is -2.06. The Morgan fingerprint density at radius 2 is 2.11 bits per heavy atom. The van der Waals surface area contributed by atoms with E-state index in [0.29, 0.717) is 5.69 Å². The van der Waals surface area contributed by atoms with Crippen molar-refractivity contribution in [3.8, 4) is 5.13 Å². The molecule has 2 aromatic heterocycles. The Morgan fingerprint density at radius 3 is 2.67 bits per heavy atom. The summed E-state index contributed by atoms with van der Waals surface area (Å²) < 4.78 is 1.93. The van der Waals surface area contributed by atoms with Crippen molar-refractivity contribution in [3.05, 3.63) is 35.1 Å². The molecule has 4 nitrogen and oxygen atoms in total. The van der Waals surface area contributed by atoms with Crippen molar-refractivity contribution in [2.45, 2.75) is 33.2 Å². The molecule has 2 aromatic rings. The van der Waals surface area contributed by atoms with E-state index in [1.54, 1.807) is 11.3 Å². The van der Waals surface area contributed by atoms with Crippen molar-refractivity contribution in [2.75, 3.05) is 0 Å². The van der Waals surface area contributed by atoms with E-state index in [9.17, 15) is 4.79 Å². The van der Waals surface area contributed by atoms with Crippen LogP contribution in [0.5, 0.6) is 0 Å². The van der Waals surface area contributed by atoms with Crippen molar-refractivity contribution in [3.63, 3.8) is 0 Å². The van der Waals surface area contributed by atoms with Gasteiger partial charge >= 0.3 is 0 Å². The second-order valence-electron chi connectivity index (χ2n) is 4.34. The fourth-order valence-electron chi connectivity index (χ4n) is 1.66. The van der Waals surface area contributed by atoms with Crippen molar-refractivity contribution >= 4 is 17.2 Å². The van der Waals surface area contributed by atoms with Gasteiger partial charge in [0, 0.05) is 23.3 Å². The fourth-order valence-corrected chi connectivity index (χ4v) is 2.62. The molecule has 0 radical (unpaired) electrons. The van der Waals surface area contributed by atoms with Crippen LogP contribution < -0.4 is 5.32 Å². The SMILES string of the molecule is CCc1sc(-n2cccc2)nc1C(=O)NC(C)C. The smallest absolute Gasteiger partial charge is 0.271 e. The van der Waals surface area contributed by atoms with E-state index < -0.39 is 0 Å². The minimum atomic E-state index is -0.0866. The Bertz CT molecular complexity index is 528. The van der Waals surface area contributed by atoms with Crippen LogP contribution >= 0.6 is 11.3 Å². The van der Waals surface area contributed by atoms with Gasteiger partial charge in [0.25, 0.3) is 5.91 Å². The van der Waals surface area contributed by atoms with Crippen molar-refractivity contribution in [1.29, 1.82) is 0 Å². The lowest BCUT2D eigenvalue weighted by molar-refractivity contribution is 0.0938. The van der Waals surface area contributed by atoms with E-state index in [1.165, 1.54) is 0 Å².